The van der Waals surface area contributed by atoms with Crippen LogP contribution in [0.15, 0.2) is 36.5 Å². The number of benzene rings is 1. The van der Waals surface area contributed by atoms with E-state index in [1.807, 2.05) is 0 Å². The average Bonchev–Trinajstić information content (AvgIpc) is 3.07. The fraction of sp³-hybridized carbons (Fsp3) is 0.294. The van der Waals surface area contributed by atoms with Gasteiger partial charge in [0, 0.05) is 42.0 Å². The molecule has 1 aliphatic rings. The standard InChI is InChI=1S/C17H17BClF2N3O5/c19-17(20,21)29-13-3-1-11(2-4-13)23-16(26)10-7-14(18(27)28)15(22-8-10)24-6-5-12(25)9-24/h1-4,7-8,12,25,27-28H,5-6,9H2,(H,23,26)/t12-/m1/s1. The van der Waals surface area contributed by atoms with Crippen molar-refractivity contribution in [2.24, 2.45) is 0 Å². The summed E-state index contributed by atoms with van der Waals surface area (Å²) in [6.45, 7) is 0.795. The molecule has 0 spiro atoms. The number of hydrogen-bond acceptors (Lipinski definition) is 7. The fourth-order valence-corrected chi connectivity index (χ4v) is 3.02. The summed E-state index contributed by atoms with van der Waals surface area (Å²) in [7, 11) is -1.86. The van der Waals surface area contributed by atoms with Crippen LogP contribution >= 0.6 is 11.6 Å². The van der Waals surface area contributed by atoms with Gasteiger partial charge in [0.1, 0.15) is 11.6 Å². The Labute approximate surface area is 169 Å². The van der Waals surface area contributed by atoms with Gasteiger partial charge in [-0.15, -0.1) is 8.78 Å². The third-order valence-corrected chi connectivity index (χ3v) is 4.32. The number of nitrogens with zero attached hydrogens (tertiary/aromatic N) is 2. The molecule has 0 bridgehead atoms. The number of rotatable bonds is 6. The molecule has 0 radical (unpaired) electrons. The van der Waals surface area contributed by atoms with Crippen LogP contribution in [-0.2, 0) is 0 Å². The molecule has 0 unspecified atom stereocenters. The topological polar surface area (TPSA) is 115 Å². The highest BCUT2D eigenvalue weighted by Gasteiger charge is 2.29. The summed E-state index contributed by atoms with van der Waals surface area (Å²) in [5.74, 6) is -0.507. The second-order valence-electron chi connectivity index (χ2n) is 6.43. The molecule has 2 aromatic rings. The molecular formula is C17H17BClF2N3O5. The summed E-state index contributed by atoms with van der Waals surface area (Å²) in [5.41, 5.74) is -3.47. The molecule has 1 amide bonds. The molecule has 2 heterocycles. The second kappa shape index (κ2) is 8.50. The highest BCUT2D eigenvalue weighted by Crippen LogP contribution is 2.26. The maximum atomic E-state index is 12.6. The quantitative estimate of drug-likeness (QED) is 0.397. The van der Waals surface area contributed by atoms with Crippen LogP contribution in [0.2, 0.25) is 0 Å². The summed E-state index contributed by atoms with van der Waals surface area (Å²) < 4.78 is 29.4. The Morgan fingerprint density at radius 1 is 1.34 bits per heavy atom. The Hall–Kier alpha value is -2.47. The van der Waals surface area contributed by atoms with Crippen molar-refractivity contribution in [3.05, 3.63) is 42.1 Å². The molecule has 1 aromatic carbocycles. The van der Waals surface area contributed by atoms with Crippen molar-refractivity contribution in [1.82, 2.24) is 4.98 Å². The SMILES string of the molecule is O=C(Nc1ccc(OC(F)(F)Cl)cc1)c1cnc(N2CC[C@@H](O)C2)c(B(O)O)c1. The van der Waals surface area contributed by atoms with Gasteiger partial charge in [-0.1, -0.05) is 0 Å². The average molecular weight is 428 g/mol. The van der Waals surface area contributed by atoms with E-state index in [0.29, 0.717) is 19.5 Å². The van der Waals surface area contributed by atoms with Gasteiger partial charge in [-0.2, -0.15) is 0 Å². The van der Waals surface area contributed by atoms with Gasteiger partial charge in [-0.3, -0.25) is 4.79 Å². The Kier molecular flexibility index (Phi) is 6.23. The summed E-state index contributed by atoms with van der Waals surface area (Å²) >= 11 is 4.69. The molecule has 1 saturated heterocycles. The van der Waals surface area contributed by atoms with Gasteiger partial charge in [-0.25, -0.2) is 4.98 Å². The molecule has 4 N–H and O–H groups in total. The van der Waals surface area contributed by atoms with Gasteiger partial charge < -0.3 is 30.1 Å². The zero-order chi connectivity index (χ0) is 21.2. The van der Waals surface area contributed by atoms with Crippen LogP contribution in [0.5, 0.6) is 5.75 Å². The van der Waals surface area contributed by atoms with Crippen LogP contribution < -0.4 is 20.4 Å². The number of aliphatic hydroxyl groups excluding tert-OH is 1. The van der Waals surface area contributed by atoms with E-state index in [1.165, 1.54) is 36.5 Å². The Morgan fingerprint density at radius 2 is 2.03 bits per heavy atom. The number of halogens is 3. The van der Waals surface area contributed by atoms with Gasteiger partial charge in [-0.05, 0) is 36.8 Å². The number of carbonyl (C=O) groups excluding carboxylic acids is 1. The van der Waals surface area contributed by atoms with Crippen molar-refractivity contribution in [2.75, 3.05) is 23.3 Å². The number of ether oxygens (including phenoxy) is 1. The summed E-state index contributed by atoms with van der Waals surface area (Å²) in [6.07, 6.45) is 1.27. The van der Waals surface area contributed by atoms with Gasteiger partial charge in [0.15, 0.2) is 0 Å². The molecule has 1 fully saturated rings. The maximum Gasteiger partial charge on any atom is 0.492 e. The van der Waals surface area contributed by atoms with E-state index in [9.17, 15) is 28.7 Å². The zero-order valence-corrected chi connectivity index (χ0v) is 15.7. The van der Waals surface area contributed by atoms with Crippen LogP contribution in [0, 0.1) is 0 Å². The summed E-state index contributed by atoms with van der Waals surface area (Å²) in [5, 5.41) is 31.5. The number of aromatic nitrogens is 1. The first kappa shape index (κ1) is 21.2. The maximum absolute atomic E-state index is 12.6. The monoisotopic (exact) mass is 427 g/mol. The van der Waals surface area contributed by atoms with E-state index in [0.717, 1.165) is 0 Å². The highest BCUT2D eigenvalue weighted by atomic mass is 35.5. The number of amides is 1. The largest absolute Gasteiger partial charge is 0.492 e. The van der Waals surface area contributed by atoms with E-state index in [4.69, 9.17) is 0 Å². The lowest BCUT2D eigenvalue weighted by atomic mass is 9.79. The number of anilines is 2. The smallest absolute Gasteiger partial charge is 0.423 e. The van der Waals surface area contributed by atoms with E-state index >= 15 is 0 Å². The number of pyridine rings is 1. The molecular weight excluding hydrogens is 410 g/mol. The van der Waals surface area contributed by atoms with E-state index in [1.54, 1.807) is 4.90 Å². The lowest BCUT2D eigenvalue weighted by Gasteiger charge is -2.20. The van der Waals surface area contributed by atoms with Gasteiger partial charge in [0.05, 0.1) is 11.7 Å². The van der Waals surface area contributed by atoms with Crippen LogP contribution in [0.1, 0.15) is 16.8 Å². The number of aliphatic hydroxyl groups is 1. The second-order valence-corrected chi connectivity index (χ2v) is 6.87. The van der Waals surface area contributed by atoms with E-state index in [2.05, 4.69) is 26.6 Å². The minimum atomic E-state index is -3.84. The van der Waals surface area contributed by atoms with Crippen molar-refractivity contribution in [3.8, 4) is 5.75 Å². The number of carbonyl (C=O) groups is 1. The molecule has 1 aromatic heterocycles. The van der Waals surface area contributed by atoms with Crippen molar-refractivity contribution >= 4 is 41.6 Å². The minimum Gasteiger partial charge on any atom is -0.423 e. The van der Waals surface area contributed by atoms with E-state index < -0.39 is 24.7 Å². The lowest BCUT2D eigenvalue weighted by Crippen LogP contribution is -2.38. The third-order valence-electron chi connectivity index (χ3n) is 4.24. The van der Waals surface area contributed by atoms with Gasteiger partial charge in [0.25, 0.3) is 5.91 Å². The summed E-state index contributed by atoms with van der Waals surface area (Å²) in [4.78, 5) is 18.3. The van der Waals surface area contributed by atoms with Crippen LogP contribution in [0.3, 0.4) is 0 Å². The van der Waals surface area contributed by atoms with E-state index in [-0.39, 0.29) is 28.3 Å². The molecule has 1 aliphatic heterocycles. The third kappa shape index (κ3) is 5.54. The first-order chi connectivity index (χ1) is 13.6. The molecule has 29 heavy (non-hydrogen) atoms. The van der Waals surface area contributed by atoms with Gasteiger partial charge in [0.2, 0.25) is 0 Å². The molecule has 1 atom stereocenters. The minimum absolute atomic E-state index is 0.0276. The Morgan fingerprint density at radius 3 is 2.59 bits per heavy atom. The predicted octanol–water partition coefficient (Wildman–Crippen LogP) is 0.753. The fourth-order valence-electron chi connectivity index (χ4n) is 2.93. The molecule has 12 heteroatoms. The first-order valence-corrected chi connectivity index (χ1v) is 8.96. The zero-order valence-electron chi connectivity index (χ0n) is 14.9. The number of alkyl halides is 3. The van der Waals surface area contributed by atoms with Crippen LogP contribution in [0.4, 0.5) is 20.3 Å². The molecule has 3 rings (SSSR count). The van der Waals surface area contributed by atoms with Crippen molar-refractivity contribution in [1.29, 1.82) is 0 Å². The summed E-state index contributed by atoms with van der Waals surface area (Å²) in [6, 6.07) is 6.37. The molecule has 0 aliphatic carbocycles. The number of nitrogens with one attached hydrogen (secondary N) is 1. The van der Waals surface area contributed by atoms with Crippen LogP contribution in [-0.4, -0.2) is 57.9 Å². The molecule has 8 nitrogen and oxygen atoms in total. The molecule has 154 valence electrons. The lowest BCUT2D eigenvalue weighted by molar-refractivity contribution is -0.0964. The van der Waals surface area contributed by atoms with Gasteiger partial charge >= 0.3 is 12.7 Å². The number of β-amino-alcohol motifs (C(OH)–C–C–N with tert-alkyl or cyclic N) is 1. The normalized spacial score (nSPS) is 16.6. The Bertz CT molecular complexity index is 882. The number of hydrogen-bond donors (Lipinski definition) is 4. The van der Waals surface area contributed by atoms with Crippen molar-refractivity contribution in [3.63, 3.8) is 0 Å². The van der Waals surface area contributed by atoms with Crippen LogP contribution in [0.25, 0.3) is 0 Å². The predicted molar refractivity (Wildman–Crippen MR) is 103 cm³/mol. The highest BCUT2D eigenvalue weighted by molar-refractivity contribution is 6.60. The molecule has 0 saturated carbocycles. The first-order valence-electron chi connectivity index (χ1n) is 8.58. The Balaban J connectivity index is 1.74. The van der Waals surface area contributed by atoms with Crippen molar-refractivity contribution < 1.29 is 33.5 Å². The van der Waals surface area contributed by atoms with Crippen molar-refractivity contribution in [2.45, 2.75) is 18.1 Å².